The van der Waals surface area contributed by atoms with Crippen molar-refractivity contribution in [2.75, 3.05) is 40.9 Å². The molecule has 15 N–H and O–H groups in total. The summed E-state index contributed by atoms with van der Waals surface area (Å²) in [6, 6.07) is 75.7. The molecule has 0 unspecified atom stereocenters. The maximum atomic E-state index is 12.5. The Morgan fingerprint density at radius 1 is 0.453 bits per heavy atom. The first-order valence-electron chi connectivity index (χ1n) is 34.2. The average Bonchev–Trinajstić information content (AvgIpc) is 0.841. The first-order chi connectivity index (χ1) is 55.7. The molecule has 0 spiro atoms. The molecule has 1 aromatic heterocycles. The molecule has 0 aliphatic heterocycles. The number of aliphatic imine (C=N–C) groups is 3. The van der Waals surface area contributed by atoms with Crippen LogP contribution >= 0.6 is 83.7 Å². The maximum absolute atomic E-state index is 12.5. The Morgan fingerprint density at radius 3 is 1.26 bits per heavy atom. The number of nitrogens with one attached hydrogen (secondary N) is 3. The predicted octanol–water partition coefficient (Wildman–Crippen LogP) is 19.5. The van der Waals surface area contributed by atoms with Crippen LogP contribution in [0.5, 0.6) is 0 Å². The van der Waals surface area contributed by atoms with Gasteiger partial charge in [-0.2, -0.15) is 0 Å². The molecular formula is C83H71IN18O10S5. The molecule has 1 amide bonds. The number of hydrogen-bond acceptors (Lipinski definition) is 21. The van der Waals surface area contributed by atoms with Crippen LogP contribution in [0, 0.1) is 47.0 Å². The van der Waals surface area contributed by atoms with Gasteiger partial charge in [-0.15, -0.1) is 24.0 Å². The Labute approximate surface area is 709 Å². The number of nitro groups is 4. The van der Waals surface area contributed by atoms with E-state index in [0.29, 0.717) is 60.6 Å². The molecule has 13 aromatic carbocycles. The van der Waals surface area contributed by atoms with E-state index < -0.39 is 19.7 Å². The van der Waals surface area contributed by atoms with Crippen molar-refractivity contribution in [1.82, 2.24) is 10.3 Å². The topological polar surface area (TPSA) is 453 Å². The van der Waals surface area contributed by atoms with Crippen molar-refractivity contribution >= 4 is 254 Å². The summed E-state index contributed by atoms with van der Waals surface area (Å²) in [5.41, 5.74) is 41.2. The van der Waals surface area contributed by atoms with Crippen LogP contribution < -0.4 is 50.4 Å². The van der Waals surface area contributed by atoms with E-state index in [2.05, 4.69) is 40.8 Å². The second kappa shape index (κ2) is 42.9. The number of nitrogen functional groups attached to an aromatic ring is 2. The average molecular weight is 1770 g/mol. The Morgan fingerprint density at radius 2 is 0.838 bits per heavy atom. The fraction of sp³-hybridized carbons (Fsp3) is 0.0482. The highest BCUT2D eigenvalue weighted by Crippen LogP contribution is 2.34. The van der Waals surface area contributed by atoms with Gasteiger partial charge in [0.25, 0.3) is 28.7 Å². The molecule has 117 heavy (non-hydrogen) atoms. The molecule has 590 valence electrons. The number of fused-ring (bicyclic) bond motifs is 6. The normalized spacial score (nSPS) is 10.8. The van der Waals surface area contributed by atoms with Crippen molar-refractivity contribution < 1.29 is 29.3 Å². The van der Waals surface area contributed by atoms with Crippen LogP contribution in [0.25, 0.3) is 69.5 Å². The number of pyridine rings is 1. The van der Waals surface area contributed by atoms with Crippen molar-refractivity contribution in [3.63, 3.8) is 0 Å². The lowest BCUT2D eigenvalue weighted by atomic mass is 10.0. The molecule has 0 aliphatic rings. The van der Waals surface area contributed by atoms with Crippen LogP contribution in [0.1, 0.15) is 26.4 Å². The zero-order valence-corrected chi connectivity index (χ0v) is 68.5. The fourth-order valence-corrected chi connectivity index (χ4v) is 12.0. The highest BCUT2D eigenvalue weighted by atomic mass is 127. The molecule has 14 aromatic rings. The number of carbonyl (C=O) groups excluding carboxylic acids is 2. The third-order valence-corrected chi connectivity index (χ3v) is 18.6. The van der Waals surface area contributed by atoms with E-state index in [1.54, 1.807) is 91.0 Å². The number of halogens is 1. The van der Waals surface area contributed by atoms with E-state index >= 15 is 0 Å². The first kappa shape index (κ1) is 88.7. The van der Waals surface area contributed by atoms with Crippen LogP contribution in [0.15, 0.2) is 282 Å². The van der Waals surface area contributed by atoms with Gasteiger partial charge in [0, 0.05) is 122 Å². The van der Waals surface area contributed by atoms with Gasteiger partial charge in [0.1, 0.15) is 5.69 Å². The van der Waals surface area contributed by atoms with Crippen LogP contribution in [-0.4, -0.2) is 80.9 Å². The summed E-state index contributed by atoms with van der Waals surface area (Å²) in [5, 5.41) is 63.5. The van der Waals surface area contributed by atoms with Crippen molar-refractivity contribution in [2.24, 2.45) is 37.9 Å². The van der Waals surface area contributed by atoms with Crippen LogP contribution in [-0.2, 0) is 6.42 Å². The number of non-ortho nitro benzene ring substituents is 4. The van der Waals surface area contributed by atoms with Crippen molar-refractivity contribution in [3.05, 3.63) is 336 Å². The first-order valence-corrected chi connectivity index (χ1v) is 38.7. The summed E-state index contributed by atoms with van der Waals surface area (Å²) in [4.78, 5) is 86.2. The molecular weight excluding hydrogens is 1700 g/mol. The van der Waals surface area contributed by atoms with Gasteiger partial charge in [-0.05, 0) is 178 Å². The number of rotatable bonds is 13. The van der Waals surface area contributed by atoms with Crippen molar-refractivity contribution in [3.8, 4) is 0 Å². The van der Waals surface area contributed by atoms with Gasteiger partial charge in [0.2, 0.25) is 5.69 Å². The number of anilines is 4. The van der Waals surface area contributed by atoms with E-state index in [0.717, 1.165) is 81.9 Å². The number of ketones is 1. The Bertz CT molecular complexity index is 6240. The van der Waals surface area contributed by atoms with Gasteiger partial charge in [-0.3, -0.25) is 60.3 Å². The van der Waals surface area contributed by atoms with Crippen molar-refractivity contribution in [1.29, 1.82) is 0 Å². The smallest absolute Gasteiger partial charge is 0.270 e. The second-order valence-corrected chi connectivity index (χ2v) is 27.6. The van der Waals surface area contributed by atoms with Crippen LogP contribution in [0.4, 0.5) is 68.2 Å². The van der Waals surface area contributed by atoms with Gasteiger partial charge in [-0.25, -0.2) is 19.8 Å². The molecule has 0 saturated carbocycles. The van der Waals surface area contributed by atoms with Crippen LogP contribution in [0.2, 0.25) is 0 Å². The molecule has 0 saturated heterocycles. The van der Waals surface area contributed by atoms with Crippen LogP contribution in [0.3, 0.4) is 0 Å². The summed E-state index contributed by atoms with van der Waals surface area (Å²) >= 11 is 14.1. The van der Waals surface area contributed by atoms with E-state index in [-0.39, 0.29) is 75.1 Å². The lowest BCUT2D eigenvalue weighted by Gasteiger charge is -2.12. The summed E-state index contributed by atoms with van der Waals surface area (Å²) in [6.45, 7) is 6.94. The largest absolute Gasteiger partial charge is 0.399 e. The Hall–Kier alpha value is -13.8. The maximum Gasteiger partial charge on any atom is 0.270 e. The highest BCUT2D eigenvalue weighted by Gasteiger charge is 2.16. The van der Waals surface area contributed by atoms with E-state index in [1.807, 2.05) is 140 Å². The zero-order chi connectivity index (χ0) is 83.5. The molecule has 0 radical (unpaired) electrons. The standard InChI is InChI=1S/C20H16N4OS.C18H13N3O3S.C12H11N3O2S.C12H13N3S.C11H9N3O2S.C10H8N2O2.HI/c1-22-15-8-9-18(23-12-15)19(25)11-13-6-7-14-4-3-5-17(16(14)10-13)24-20(21)26-2;22-17(13-5-2-1-3-6-13)20-18(25)19-16-8-4-7-12-9-10-14(21(23)24)11-15(12)16;1-18-12(13)14-11-4-2-3-8-5-6-9(15(16)17)7-10(8)11;1-16-12(14)15-11-4-2-3-8-5-6-9(13)7-10(8)11;12-11(17)13-10-3-1-2-7-4-5-8(14(15)16)6-9(7)10;11-10-3-1-2-7-4-5-8(12(13)14)6-9(7)10;/h3-10,12H,11H2,2H3,(H2,21,24);1-11H,(H2,19,20,22,25);2-7H,1H3,(H2,13,14);2-7H,13H2,1H3,(H2,14,15);1-6H,(H3,12,13,17);1-6H,11H2;1H. The molecule has 28 nitrogen and oxygen atoms in total. The van der Waals surface area contributed by atoms with E-state index in [9.17, 15) is 50.0 Å². The minimum absolute atomic E-state index is 0. The number of amidine groups is 3. The van der Waals surface area contributed by atoms with E-state index in [1.165, 1.54) is 90.0 Å². The second-order valence-electron chi connectivity index (χ2n) is 24.3. The number of thioether (sulfide) groups is 3. The number of hydrogen-bond donors (Lipinski definition) is 9. The highest BCUT2D eigenvalue weighted by molar-refractivity contribution is 14.0. The molecule has 0 aliphatic carbocycles. The zero-order valence-electron chi connectivity index (χ0n) is 62.1. The third kappa shape index (κ3) is 25.1. The van der Waals surface area contributed by atoms with Gasteiger partial charge < -0.3 is 45.0 Å². The monoisotopic (exact) mass is 1770 g/mol. The minimum atomic E-state index is -0.453. The SMILES string of the molecule is CSC(N)=Nc1cccc2ccc(N)cc12.CSC(N)=Nc1cccc2ccc([N+](=O)[O-])cc12.I.NC(=S)Nc1cccc2ccc([N+](=O)[O-])cc12.Nc1cccc2ccc([N+](=O)[O-])cc12.O=C(NC(=S)Nc1cccc2ccc([N+](=O)[O-])cc12)c1ccccc1.[C-]#[N+]c1ccc(C(=O)Cc2ccc3cccc(N=C(N)SC)c3c2)nc1. The molecule has 14 rings (SSSR count). The summed E-state index contributed by atoms with van der Waals surface area (Å²) in [7, 11) is 0. The molecule has 0 atom stereocenters. The lowest BCUT2D eigenvalue weighted by Crippen LogP contribution is -2.34. The van der Waals surface area contributed by atoms with Gasteiger partial charge in [0.15, 0.2) is 31.5 Å². The summed E-state index contributed by atoms with van der Waals surface area (Å²) < 4.78 is 0. The number of benzene rings is 13. The third-order valence-electron chi connectivity index (χ3n) is 16.7. The minimum Gasteiger partial charge on any atom is -0.399 e. The predicted molar refractivity (Wildman–Crippen MR) is 498 cm³/mol. The van der Waals surface area contributed by atoms with Gasteiger partial charge in [-0.1, -0.05) is 151 Å². The number of nitrogens with zero attached hydrogens (tertiary/aromatic N) is 9. The molecule has 34 heteroatoms. The fourth-order valence-electron chi connectivity index (χ4n) is 11.1. The van der Waals surface area contributed by atoms with Crippen molar-refractivity contribution in [2.45, 2.75) is 6.42 Å². The number of aromatic nitrogens is 1. The summed E-state index contributed by atoms with van der Waals surface area (Å²) in [6.07, 6.45) is 7.25. The number of carbonyl (C=O) groups is 2. The number of nitrogens with two attached hydrogens (primary N) is 6. The van der Waals surface area contributed by atoms with E-state index in [4.69, 9.17) is 65.4 Å². The lowest BCUT2D eigenvalue weighted by molar-refractivity contribution is -0.384. The quantitative estimate of drug-likeness (QED) is 0.00596. The molecule has 0 bridgehead atoms. The number of amides is 1. The molecule has 1 heterocycles. The van der Waals surface area contributed by atoms with Gasteiger partial charge in [0.05, 0.1) is 43.3 Å². The molecule has 0 fully saturated rings. The number of thiocarbonyl (C=S) groups is 2. The summed E-state index contributed by atoms with van der Waals surface area (Å²) in [5.74, 6) is -0.421. The van der Waals surface area contributed by atoms with Gasteiger partial charge >= 0.3 is 0 Å². The number of nitro benzene ring substituents is 4. The Kier molecular flexibility index (Phi) is 32.5. The Balaban J connectivity index is 0.000000177. The number of Topliss-reactive ketones (excluding diaryl/α,β-unsaturated/α-hetero) is 1.